The number of rotatable bonds is 8. The van der Waals surface area contributed by atoms with Gasteiger partial charge in [-0.2, -0.15) is 18.3 Å². The SMILES string of the molecule is CN=C/C(=C\C=C\NC(=O)c1cccc(N2CCC(C(=O)O)CC2)c1)n1nc(C2=CC=CN(C)C2)cc1C(F)(F)F. The molecular formula is C29H31F3N6O3. The van der Waals surface area contributed by atoms with E-state index in [1.54, 1.807) is 30.4 Å². The maximum absolute atomic E-state index is 13.9. The summed E-state index contributed by atoms with van der Waals surface area (Å²) in [5.41, 5.74) is 1.16. The van der Waals surface area contributed by atoms with Crippen LogP contribution in [0, 0.1) is 5.92 Å². The number of halogens is 3. The first kappa shape index (κ1) is 29.4. The lowest BCUT2D eigenvalue weighted by atomic mass is 9.96. The van der Waals surface area contributed by atoms with Crippen molar-refractivity contribution in [3.05, 3.63) is 84.0 Å². The molecule has 2 aliphatic heterocycles. The molecule has 0 atom stereocenters. The molecular weight excluding hydrogens is 537 g/mol. The number of anilines is 1. The monoisotopic (exact) mass is 568 g/mol. The molecule has 0 saturated carbocycles. The van der Waals surface area contributed by atoms with Gasteiger partial charge in [0.15, 0.2) is 0 Å². The van der Waals surface area contributed by atoms with Crippen molar-refractivity contribution in [3.8, 4) is 0 Å². The van der Waals surface area contributed by atoms with Crippen LogP contribution in [0.15, 0.2) is 72.0 Å². The van der Waals surface area contributed by atoms with Crippen LogP contribution in [0.4, 0.5) is 18.9 Å². The second kappa shape index (κ2) is 12.7. The molecule has 0 radical (unpaired) electrons. The molecule has 4 rings (SSSR count). The summed E-state index contributed by atoms with van der Waals surface area (Å²) in [6.45, 7) is 1.57. The molecule has 2 N–H and O–H groups in total. The summed E-state index contributed by atoms with van der Waals surface area (Å²) < 4.78 is 42.6. The number of nitrogens with one attached hydrogen (secondary N) is 1. The van der Waals surface area contributed by atoms with Gasteiger partial charge in [-0.15, -0.1) is 0 Å². The number of hydrogen-bond acceptors (Lipinski definition) is 6. The highest BCUT2D eigenvalue weighted by atomic mass is 19.4. The predicted molar refractivity (Wildman–Crippen MR) is 151 cm³/mol. The largest absolute Gasteiger partial charge is 0.481 e. The van der Waals surface area contributed by atoms with Gasteiger partial charge in [-0.1, -0.05) is 12.1 Å². The van der Waals surface area contributed by atoms with Gasteiger partial charge in [0.2, 0.25) is 0 Å². The molecule has 216 valence electrons. The van der Waals surface area contributed by atoms with E-state index in [2.05, 4.69) is 15.4 Å². The number of benzene rings is 1. The number of likely N-dealkylation sites (N-methyl/N-ethyl adjacent to an activating group) is 1. The van der Waals surface area contributed by atoms with Crippen molar-refractivity contribution in [2.75, 3.05) is 38.6 Å². The summed E-state index contributed by atoms with van der Waals surface area (Å²) in [4.78, 5) is 31.7. The Labute approximate surface area is 235 Å². The highest BCUT2D eigenvalue weighted by molar-refractivity contribution is 6.02. The van der Waals surface area contributed by atoms with E-state index in [-0.39, 0.29) is 17.3 Å². The molecule has 2 aromatic rings. The average molecular weight is 569 g/mol. The second-order valence-corrected chi connectivity index (χ2v) is 9.73. The highest BCUT2D eigenvalue weighted by Gasteiger charge is 2.37. The number of carboxylic acid groups (broad SMARTS) is 1. The normalized spacial score (nSPS) is 17.0. The van der Waals surface area contributed by atoms with Gasteiger partial charge in [0.1, 0.15) is 5.69 Å². The Kier molecular flexibility index (Phi) is 9.10. The number of aromatic nitrogens is 2. The molecule has 41 heavy (non-hydrogen) atoms. The maximum Gasteiger partial charge on any atom is 0.433 e. The Morgan fingerprint density at radius 2 is 1.95 bits per heavy atom. The third-order valence-corrected chi connectivity index (χ3v) is 6.79. The van der Waals surface area contributed by atoms with E-state index in [0.29, 0.717) is 43.6 Å². The molecule has 1 fully saturated rings. The molecule has 0 bridgehead atoms. The maximum atomic E-state index is 13.9. The van der Waals surface area contributed by atoms with Crippen LogP contribution < -0.4 is 10.2 Å². The molecule has 1 saturated heterocycles. The van der Waals surface area contributed by atoms with Crippen molar-refractivity contribution in [1.82, 2.24) is 20.0 Å². The number of carbonyl (C=O) groups is 2. The number of hydrogen-bond donors (Lipinski definition) is 2. The zero-order valence-corrected chi connectivity index (χ0v) is 22.7. The van der Waals surface area contributed by atoms with Gasteiger partial charge in [0.05, 0.1) is 17.3 Å². The van der Waals surface area contributed by atoms with E-state index < -0.39 is 23.7 Å². The molecule has 0 unspecified atom stereocenters. The van der Waals surface area contributed by atoms with Crippen molar-refractivity contribution < 1.29 is 27.9 Å². The molecule has 0 aliphatic carbocycles. The van der Waals surface area contributed by atoms with Gasteiger partial charge < -0.3 is 20.2 Å². The predicted octanol–water partition coefficient (Wildman–Crippen LogP) is 4.53. The van der Waals surface area contributed by atoms with Crippen molar-refractivity contribution in [2.45, 2.75) is 19.0 Å². The topological polar surface area (TPSA) is 103 Å². The molecule has 2 aliphatic rings. The number of carbonyl (C=O) groups excluding carboxylic acids is 1. The number of nitrogens with zero attached hydrogens (tertiary/aromatic N) is 5. The lowest BCUT2D eigenvalue weighted by molar-refractivity contribution is -0.143. The van der Waals surface area contributed by atoms with Gasteiger partial charge in [-0.05, 0) is 67.1 Å². The smallest absolute Gasteiger partial charge is 0.433 e. The Bertz CT molecular complexity index is 1430. The van der Waals surface area contributed by atoms with Crippen molar-refractivity contribution >= 4 is 35.0 Å². The van der Waals surface area contributed by atoms with Gasteiger partial charge >= 0.3 is 12.1 Å². The average Bonchev–Trinajstić information content (AvgIpc) is 3.41. The highest BCUT2D eigenvalue weighted by Crippen LogP contribution is 2.33. The van der Waals surface area contributed by atoms with Gasteiger partial charge in [-0.25, -0.2) is 4.68 Å². The number of aliphatic carboxylic acids is 1. The fraction of sp³-hybridized carbons (Fsp3) is 0.310. The molecule has 12 heteroatoms. The number of aliphatic imine (C=N–C) groups is 1. The van der Waals surface area contributed by atoms with E-state index in [4.69, 9.17) is 0 Å². The summed E-state index contributed by atoms with van der Waals surface area (Å²) in [5.74, 6) is -1.55. The minimum Gasteiger partial charge on any atom is -0.481 e. The number of alkyl halides is 3. The number of piperidine rings is 1. The van der Waals surface area contributed by atoms with E-state index in [0.717, 1.165) is 16.4 Å². The zero-order valence-electron chi connectivity index (χ0n) is 22.7. The Morgan fingerprint density at radius 1 is 1.20 bits per heavy atom. The third kappa shape index (κ3) is 7.33. The van der Waals surface area contributed by atoms with E-state index in [1.165, 1.54) is 31.6 Å². The minimum atomic E-state index is -4.66. The third-order valence-electron chi connectivity index (χ3n) is 6.79. The number of carboxylic acids is 1. The molecule has 1 aromatic carbocycles. The second-order valence-electron chi connectivity index (χ2n) is 9.73. The lowest BCUT2D eigenvalue weighted by Gasteiger charge is -2.32. The van der Waals surface area contributed by atoms with Gasteiger partial charge in [-0.3, -0.25) is 14.6 Å². The van der Waals surface area contributed by atoms with Gasteiger partial charge in [0, 0.05) is 57.4 Å². The van der Waals surface area contributed by atoms with Crippen LogP contribution in [0.1, 0.15) is 34.6 Å². The quantitative estimate of drug-likeness (QED) is 0.358. The molecule has 1 aromatic heterocycles. The van der Waals surface area contributed by atoms with Crippen LogP contribution in [0.3, 0.4) is 0 Å². The van der Waals surface area contributed by atoms with Crippen LogP contribution >= 0.6 is 0 Å². The lowest BCUT2D eigenvalue weighted by Crippen LogP contribution is -2.36. The molecule has 0 spiro atoms. The molecule has 1 amide bonds. The van der Waals surface area contributed by atoms with Crippen molar-refractivity contribution in [2.24, 2.45) is 10.9 Å². The Morgan fingerprint density at radius 3 is 2.61 bits per heavy atom. The first-order chi connectivity index (χ1) is 19.6. The van der Waals surface area contributed by atoms with E-state index >= 15 is 0 Å². The fourth-order valence-electron chi connectivity index (χ4n) is 4.67. The van der Waals surface area contributed by atoms with Gasteiger partial charge in [0.25, 0.3) is 5.91 Å². The summed E-state index contributed by atoms with van der Waals surface area (Å²) in [7, 11) is 3.26. The Balaban J connectivity index is 1.49. The summed E-state index contributed by atoms with van der Waals surface area (Å²) in [6.07, 6.45) is 7.08. The van der Waals surface area contributed by atoms with Crippen molar-refractivity contribution in [3.63, 3.8) is 0 Å². The van der Waals surface area contributed by atoms with Crippen LogP contribution in [0.25, 0.3) is 11.3 Å². The summed E-state index contributed by atoms with van der Waals surface area (Å²) in [6, 6.07) is 7.99. The van der Waals surface area contributed by atoms with E-state index in [1.807, 2.05) is 29.1 Å². The summed E-state index contributed by atoms with van der Waals surface area (Å²) >= 11 is 0. The molecule has 9 nitrogen and oxygen atoms in total. The van der Waals surface area contributed by atoms with Crippen molar-refractivity contribution in [1.29, 1.82) is 0 Å². The Hall–Kier alpha value is -4.61. The summed E-state index contributed by atoms with van der Waals surface area (Å²) in [5, 5.41) is 16.1. The first-order valence-corrected chi connectivity index (χ1v) is 13.0. The minimum absolute atomic E-state index is 0.0589. The van der Waals surface area contributed by atoms with Crippen LogP contribution in [0.2, 0.25) is 0 Å². The van der Waals surface area contributed by atoms with E-state index in [9.17, 15) is 27.9 Å². The zero-order chi connectivity index (χ0) is 29.6. The number of allylic oxidation sites excluding steroid dienone is 5. The first-order valence-electron chi connectivity index (χ1n) is 13.0. The molecule has 3 heterocycles. The number of amides is 1. The van der Waals surface area contributed by atoms with Crippen LogP contribution in [-0.4, -0.2) is 71.6 Å². The van der Waals surface area contributed by atoms with Crippen LogP contribution in [0.5, 0.6) is 0 Å². The standard InChI is InChI=1S/C29H31F3N6O3/c1-33-18-24(38-26(29(30,31)32)17-25(35-38)22-7-5-13-36(2)19-22)9-4-12-34-27(39)21-6-3-8-23(16-21)37-14-10-20(11-15-37)28(40)41/h3-9,12-13,16-18,20H,10-11,14-15,19H2,1-2H3,(H,34,39)(H,40,41)/b12-4+,24-9+,33-18?. The van der Waals surface area contributed by atoms with Crippen LogP contribution in [-0.2, 0) is 11.0 Å². The fourth-order valence-corrected chi connectivity index (χ4v) is 4.67.